The van der Waals surface area contributed by atoms with Crippen molar-refractivity contribution in [2.75, 3.05) is 118 Å². The number of carbonyl (C=O) groups is 8. The lowest BCUT2D eigenvalue weighted by Gasteiger charge is -2.32. The molecular formula is C105H128Cl10N16O8. The van der Waals surface area contributed by atoms with Gasteiger partial charge in [-0.25, -0.2) is 0 Å². The number of nitrogens with zero attached hydrogens (tertiary/aromatic N) is 6. The maximum atomic E-state index is 13.6. The summed E-state index contributed by atoms with van der Waals surface area (Å²) >= 11 is 60.6. The summed E-state index contributed by atoms with van der Waals surface area (Å²) in [5.74, 6) is 0.0437. The molecule has 8 aromatic carbocycles. The summed E-state index contributed by atoms with van der Waals surface area (Å²) in [6.45, 7) is 16.8. The first-order valence-electron chi connectivity index (χ1n) is 48.0. The SMILES string of the molecule is CCC(CN1CC[C@@H](CNC(=O)/C=C/c2ccc(Cl)cc2)N[C@@H](CCN)C1=O)c1ccccc1.CCC(CN1CC[C@@H](CNC(=O)c2ccc(Cl)c(Cl)c2)N[C@@H](CCN)C1=O)c1ccccc1.O=C(/C=C/c1ccc(Cl)cc1)NC[C@@H]1CCN(Cc2cc(Cl)cc(Cl)c2)C(=O)[C@H](CN2CCCCC2)N1.O=C(NC[C@@H]1CCN(Cc2cc(Cl)cc(Cl)c2)C(=O)[C@H](CN2CCCC2)N1)c1ccc(Cl)c(Cl)c1. The average Bonchev–Trinajstić information content (AvgIpc) is 1.72. The van der Waals surface area contributed by atoms with Gasteiger partial charge in [0.15, 0.2) is 0 Å². The molecule has 0 saturated carbocycles. The summed E-state index contributed by atoms with van der Waals surface area (Å²) in [5, 5.41) is 30.8. The second-order valence-corrected chi connectivity index (χ2v) is 40.2. The molecule has 6 heterocycles. The Morgan fingerprint density at radius 3 is 1.03 bits per heavy atom. The maximum Gasteiger partial charge on any atom is 0.251 e. The molecule has 24 nitrogen and oxygen atoms in total. The number of rotatable bonds is 34. The first-order chi connectivity index (χ1) is 67.0. The molecule has 12 N–H and O–H groups in total. The fourth-order valence-electron chi connectivity index (χ4n) is 18.0. The Labute approximate surface area is 867 Å². The van der Waals surface area contributed by atoms with Crippen molar-refractivity contribution in [2.24, 2.45) is 11.5 Å². The molecule has 0 radical (unpaired) electrons. The van der Waals surface area contributed by atoms with Gasteiger partial charge in [-0.3, -0.25) is 38.4 Å². The van der Waals surface area contributed by atoms with Gasteiger partial charge in [0.2, 0.25) is 35.4 Å². The number of carbonyl (C=O) groups excluding carboxylic acids is 8. The number of benzene rings is 8. The maximum absolute atomic E-state index is 13.6. The molecule has 0 aromatic heterocycles. The third-order valence-electron chi connectivity index (χ3n) is 25.6. The molecule has 6 aliphatic rings. The van der Waals surface area contributed by atoms with Crippen LogP contribution >= 0.6 is 116 Å². The van der Waals surface area contributed by atoms with Crippen molar-refractivity contribution in [3.05, 3.63) is 289 Å². The predicted octanol–water partition coefficient (Wildman–Crippen LogP) is 17.3. The smallest absolute Gasteiger partial charge is 0.251 e. The van der Waals surface area contributed by atoms with Crippen LogP contribution in [-0.2, 0) is 41.9 Å². The Morgan fingerprint density at radius 1 is 0.367 bits per heavy atom. The van der Waals surface area contributed by atoms with Gasteiger partial charge < -0.3 is 83.4 Å². The van der Waals surface area contributed by atoms with E-state index in [-0.39, 0.29) is 107 Å². The molecule has 34 heteroatoms. The van der Waals surface area contributed by atoms with Gasteiger partial charge in [0.25, 0.3) is 11.8 Å². The Balaban J connectivity index is 0.000000178. The van der Waals surface area contributed by atoms with E-state index in [0.29, 0.717) is 185 Å². The standard InChI is InChI=1S/C28H33Cl3N4O2.C27H35ClN4O2.C25H28Cl4N4O2.C25H32Cl2N4O2/c29-22-7-4-20(5-8-22)6-9-27(36)32-17-25-10-13-35(18-21-14-23(30)16-24(31)15-21)28(37)26(33-25)19-34-11-2-1-3-12-34;1-2-21(22-6-4-3-5-7-22)19-32-17-15-24(31-25(14-16-29)27(32)34)18-30-26(33)13-10-20-8-11-23(28)12-9-20;26-18-9-16(10-19(27)12-18)14-33-8-5-20(31-23(25(33)35)15-32-6-1-2-7-32)13-30-24(34)17-3-4-21(28)22(29)11-17;1-2-17(18-6-4-3-5-7-18)16-31-13-11-20(30-23(10-12-28)25(31)33)15-29-24(32)19-8-9-21(26)22(27)14-19/h4-9,14-16,25-26,33H,1-3,10-13,17-19H2,(H,32,36);3-13,21,24-25,31H,2,14-19,29H2,1H3,(H,30,33);3-4,9-12,20,23,31H,1-2,5-8,13-15H2,(H,30,34);3-9,14,17,20,23,30H,2,10-13,15-16,28H2,1H3,(H,29,32)/b9-6+;13-10+;;/t25-,26-;21?,24-,25-;20-,23-;17?,20-,23-/m0000/s1. The van der Waals surface area contributed by atoms with E-state index in [1.165, 1.54) is 29.7 Å². The van der Waals surface area contributed by atoms with Crippen molar-refractivity contribution < 1.29 is 38.4 Å². The predicted molar refractivity (Wildman–Crippen MR) is 565 cm³/mol. The zero-order valence-corrected chi connectivity index (χ0v) is 86.2. The third kappa shape index (κ3) is 36.4. The van der Waals surface area contributed by atoms with E-state index in [4.69, 9.17) is 127 Å². The van der Waals surface area contributed by atoms with E-state index in [1.54, 1.807) is 84.9 Å². The summed E-state index contributed by atoms with van der Waals surface area (Å²) < 4.78 is 0. The van der Waals surface area contributed by atoms with E-state index >= 15 is 0 Å². The summed E-state index contributed by atoms with van der Waals surface area (Å²) in [4.78, 5) is 116. The van der Waals surface area contributed by atoms with Gasteiger partial charge in [0.1, 0.15) is 0 Å². The van der Waals surface area contributed by atoms with Crippen LogP contribution in [0.15, 0.2) is 194 Å². The number of piperidine rings is 1. The molecule has 14 rings (SSSR count). The van der Waals surface area contributed by atoms with Crippen LogP contribution in [0, 0.1) is 0 Å². The van der Waals surface area contributed by atoms with Crippen LogP contribution in [0.3, 0.4) is 0 Å². The molecule has 0 spiro atoms. The number of amides is 8. The van der Waals surface area contributed by atoms with Crippen molar-refractivity contribution in [3.8, 4) is 0 Å². The molecule has 8 aromatic rings. The molecule has 6 saturated heterocycles. The van der Waals surface area contributed by atoms with E-state index in [0.717, 1.165) is 106 Å². The molecule has 10 atom stereocenters. The molecule has 746 valence electrons. The fourth-order valence-corrected chi connectivity index (χ4v) is 20.0. The zero-order chi connectivity index (χ0) is 99.3. The summed E-state index contributed by atoms with van der Waals surface area (Å²) in [6.07, 6.45) is 18.3. The number of hydrogen-bond acceptors (Lipinski definition) is 16. The molecule has 0 aliphatic carbocycles. The van der Waals surface area contributed by atoms with Crippen molar-refractivity contribution >= 4 is 175 Å². The van der Waals surface area contributed by atoms with Crippen molar-refractivity contribution in [1.82, 2.24) is 71.9 Å². The Morgan fingerprint density at radius 2 is 0.691 bits per heavy atom. The number of nitrogens with two attached hydrogens (primary N) is 2. The number of nitrogens with one attached hydrogen (secondary N) is 8. The third-order valence-corrected chi connectivity index (χ3v) is 28.5. The van der Waals surface area contributed by atoms with Gasteiger partial charge in [-0.15, -0.1) is 0 Å². The summed E-state index contributed by atoms with van der Waals surface area (Å²) in [6, 6.07) is 54.0. The van der Waals surface area contributed by atoms with Gasteiger partial charge in [-0.1, -0.05) is 221 Å². The molecule has 0 bridgehead atoms. The van der Waals surface area contributed by atoms with E-state index in [1.807, 2.05) is 105 Å². The van der Waals surface area contributed by atoms with Crippen LogP contribution in [0.1, 0.15) is 163 Å². The van der Waals surface area contributed by atoms with E-state index in [2.05, 4.69) is 90.4 Å². The summed E-state index contributed by atoms with van der Waals surface area (Å²) in [5.41, 5.74) is 18.6. The fraction of sp³-hybridized carbons (Fsp3) is 0.429. The Bertz CT molecular complexity index is 5340. The van der Waals surface area contributed by atoms with Gasteiger partial charge in [0.05, 0.1) is 44.3 Å². The molecule has 139 heavy (non-hydrogen) atoms. The highest BCUT2D eigenvalue weighted by Crippen LogP contribution is 2.31. The second kappa shape index (κ2) is 57.8. The lowest BCUT2D eigenvalue weighted by Crippen LogP contribution is -2.54. The van der Waals surface area contributed by atoms with Gasteiger partial charge in [-0.05, 0) is 259 Å². The van der Waals surface area contributed by atoms with Crippen LogP contribution in [-0.4, -0.2) is 243 Å². The molecule has 2 unspecified atom stereocenters. The van der Waals surface area contributed by atoms with Gasteiger partial charge in [0, 0.05) is 181 Å². The molecule has 6 fully saturated rings. The Hall–Kier alpha value is -8.42. The highest BCUT2D eigenvalue weighted by Gasteiger charge is 2.38. The van der Waals surface area contributed by atoms with Crippen LogP contribution in [0.5, 0.6) is 0 Å². The Kier molecular flexibility index (Phi) is 46.1. The monoisotopic (exact) mass is 2090 g/mol. The first-order valence-corrected chi connectivity index (χ1v) is 51.8. The average molecular weight is 2100 g/mol. The first kappa shape index (κ1) is 111. The lowest BCUT2D eigenvalue weighted by atomic mass is 9.95. The van der Waals surface area contributed by atoms with Crippen LogP contribution < -0.4 is 54.0 Å². The molecular weight excluding hydrogens is 1970 g/mol. The minimum Gasteiger partial charge on any atom is -0.351 e. The number of hydrogen-bond donors (Lipinski definition) is 10. The molecule has 6 aliphatic heterocycles. The van der Waals surface area contributed by atoms with Crippen LogP contribution in [0.25, 0.3) is 12.2 Å². The van der Waals surface area contributed by atoms with Crippen LogP contribution in [0.2, 0.25) is 50.2 Å². The zero-order valence-electron chi connectivity index (χ0n) is 78.6. The normalized spacial score (nSPS) is 20.5. The summed E-state index contributed by atoms with van der Waals surface area (Å²) in [7, 11) is 0. The largest absolute Gasteiger partial charge is 0.351 e. The quantitative estimate of drug-likeness (QED) is 0.0168. The van der Waals surface area contributed by atoms with E-state index in [9.17, 15) is 38.4 Å². The number of halogens is 10. The van der Waals surface area contributed by atoms with Gasteiger partial charge in [-0.2, -0.15) is 0 Å². The topological polar surface area (TPSA) is 304 Å². The minimum absolute atomic E-state index is 0.00446. The van der Waals surface area contributed by atoms with Gasteiger partial charge >= 0.3 is 0 Å². The second-order valence-electron chi connectivity index (χ2n) is 36.0. The van der Waals surface area contributed by atoms with Crippen molar-refractivity contribution in [2.45, 2.75) is 171 Å². The lowest BCUT2D eigenvalue weighted by molar-refractivity contribution is -0.134. The minimum atomic E-state index is -0.364. The van der Waals surface area contributed by atoms with Crippen LogP contribution in [0.4, 0.5) is 0 Å². The molecule has 8 amide bonds. The number of likely N-dealkylation sites (tertiary alicyclic amines) is 2. The van der Waals surface area contributed by atoms with Crippen molar-refractivity contribution in [1.29, 1.82) is 0 Å². The highest BCUT2D eigenvalue weighted by molar-refractivity contribution is 6.43. The highest BCUT2D eigenvalue weighted by atomic mass is 35.5. The van der Waals surface area contributed by atoms with Crippen molar-refractivity contribution in [3.63, 3.8) is 0 Å². The van der Waals surface area contributed by atoms with E-state index < -0.39 is 0 Å².